The second-order valence-electron chi connectivity index (χ2n) is 3.09. The van der Waals surface area contributed by atoms with Crippen molar-refractivity contribution in [3.8, 4) is 0 Å². The Balaban J connectivity index is 3.12. The summed E-state index contributed by atoms with van der Waals surface area (Å²) in [5.74, 6) is -0.352. The summed E-state index contributed by atoms with van der Waals surface area (Å²) in [5.41, 5.74) is 0. The third-order valence-electron chi connectivity index (χ3n) is 1.98. The minimum Gasteiger partial charge on any atom is -0.354 e. The van der Waals surface area contributed by atoms with Crippen molar-refractivity contribution >= 4 is 15.7 Å². The van der Waals surface area contributed by atoms with Crippen molar-refractivity contribution in [1.29, 1.82) is 0 Å². The van der Waals surface area contributed by atoms with Crippen molar-refractivity contribution in [2.24, 2.45) is 0 Å². The van der Waals surface area contributed by atoms with E-state index in [1.807, 2.05) is 0 Å². The number of nitrogens with one attached hydrogen (secondary N) is 1. The summed E-state index contributed by atoms with van der Waals surface area (Å²) in [6.45, 7) is 3.10. The molecular formula is C6H11NO3S. The molecule has 0 atom stereocenters. The first-order chi connectivity index (χ1) is 4.88. The summed E-state index contributed by atoms with van der Waals surface area (Å²) in [5, 5.41) is 2.51. The van der Waals surface area contributed by atoms with E-state index >= 15 is 0 Å². The predicted octanol–water partition coefficient (Wildman–Crippen LogP) is -0.690. The molecule has 1 aliphatic rings. The van der Waals surface area contributed by atoms with Crippen molar-refractivity contribution in [3.05, 3.63) is 0 Å². The van der Waals surface area contributed by atoms with Crippen LogP contribution in [-0.4, -0.2) is 31.4 Å². The van der Waals surface area contributed by atoms with Gasteiger partial charge in [0.05, 0.1) is 5.75 Å². The fraction of sp³-hybridized carbons (Fsp3) is 0.833. The molecular weight excluding hydrogens is 166 g/mol. The van der Waals surface area contributed by atoms with Crippen LogP contribution in [0.15, 0.2) is 0 Å². The van der Waals surface area contributed by atoms with E-state index in [0.717, 1.165) is 0 Å². The topological polar surface area (TPSA) is 63.2 Å². The van der Waals surface area contributed by atoms with Crippen LogP contribution in [0, 0.1) is 0 Å². The molecule has 0 aromatic heterocycles. The van der Waals surface area contributed by atoms with Gasteiger partial charge in [-0.1, -0.05) is 0 Å². The molecule has 1 rings (SSSR count). The Morgan fingerprint density at radius 3 is 2.36 bits per heavy atom. The Hall–Kier alpha value is -0.580. The Bertz CT molecular complexity index is 278. The summed E-state index contributed by atoms with van der Waals surface area (Å²) in [4.78, 5) is 11.0. The fourth-order valence-electron chi connectivity index (χ4n) is 0.908. The molecule has 0 saturated carbocycles. The van der Waals surface area contributed by atoms with Crippen LogP contribution in [0.5, 0.6) is 0 Å². The molecule has 0 aromatic carbocycles. The Labute approximate surface area is 65.9 Å². The summed E-state index contributed by atoms with van der Waals surface area (Å²) in [6.07, 6.45) is 0. The monoisotopic (exact) mass is 177 g/mol. The molecule has 1 saturated heterocycles. The van der Waals surface area contributed by atoms with E-state index in [1.165, 1.54) is 13.8 Å². The molecule has 0 unspecified atom stereocenters. The molecule has 0 spiro atoms. The van der Waals surface area contributed by atoms with E-state index in [0.29, 0.717) is 0 Å². The molecule has 1 heterocycles. The second-order valence-corrected chi connectivity index (χ2v) is 5.74. The minimum absolute atomic E-state index is 0.0474. The molecule has 0 radical (unpaired) electrons. The van der Waals surface area contributed by atoms with Gasteiger partial charge in [-0.2, -0.15) is 0 Å². The lowest BCUT2D eigenvalue weighted by molar-refractivity contribution is -0.123. The van der Waals surface area contributed by atoms with Crippen molar-refractivity contribution in [3.63, 3.8) is 0 Å². The standard InChI is InChI=1S/C6H11NO3S/c1-6(2)5(8)7-3-4-11(6,9)10/h3-4H2,1-2H3,(H,7,8). The first-order valence-corrected chi connectivity index (χ1v) is 5.04. The van der Waals surface area contributed by atoms with Crippen molar-refractivity contribution < 1.29 is 13.2 Å². The highest BCUT2D eigenvalue weighted by molar-refractivity contribution is 7.93. The average molecular weight is 177 g/mol. The number of hydrogen-bond acceptors (Lipinski definition) is 3. The van der Waals surface area contributed by atoms with Gasteiger partial charge in [0.25, 0.3) is 0 Å². The fourth-order valence-corrected chi connectivity index (χ4v) is 2.14. The molecule has 1 N–H and O–H groups in total. The molecule has 1 aliphatic heterocycles. The van der Waals surface area contributed by atoms with Gasteiger partial charge in [-0.3, -0.25) is 4.79 Å². The number of sulfone groups is 1. The lowest BCUT2D eigenvalue weighted by Crippen LogP contribution is -2.55. The second kappa shape index (κ2) is 2.20. The van der Waals surface area contributed by atoms with Crippen LogP contribution in [0.3, 0.4) is 0 Å². The van der Waals surface area contributed by atoms with Crippen molar-refractivity contribution in [1.82, 2.24) is 5.32 Å². The summed E-state index contributed by atoms with van der Waals surface area (Å²) in [6, 6.07) is 0. The van der Waals surface area contributed by atoms with Gasteiger partial charge >= 0.3 is 0 Å². The minimum atomic E-state index is -3.22. The maximum atomic E-state index is 11.3. The average Bonchev–Trinajstić information content (AvgIpc) is 1.84. The van der Waals surface area contributed by atoms with E-state index in [2.05, 4.69) is 5.32 Å². The van der Waals surface area contributed by atoms with Gasteiger partial charge in [-0.15, -0.1) is 0 Å². The number of hydrogen-bond donors (Lipinski definition) is 1. The lowest BCUT2D eigenvalue weighted by atomic mass is 10.2. The summed E-state index contributed by atoms with van der Waals surface area (Å²) < 4.78 is 21.3. The van der Waals surface area contributed by atoms with Gasteiger partial charge in [0, 0.05) is 6.54 Å². The van der Waals surface area contributed by atoms with Gasteiger partial charge in [0.2, 0.25) is 5.91 Å². The highest BCUT2D eigenvalue weighted by Gasteiger charge is 2.43. The van der Waals surface area contributed by atoms with Crippen LogP contribution in [0.2, 0.25) is 0 Å². The highest BCUT2D eigenvalue weighted by atomic mass is 32.2. The molecule has 4 nitrogen and oxygen atoms in total. The van der Waals surface area contributed by atoms with Crippen LogP contribution in [0.25, 0.3) is 0 Å². The van der Waals surface area contributed by atoms with Crippen LogP contribution in [0.4, 0.5) is 0 Å². The first kappa shape index (κ1) is 8.52. The summed E-state index contributed by atoms with van der Waals surface area (Å²) in [7, 11) is -3.22. The Kier molecular flexibility index (Phi) is 1.70. The van der Waals surface area contributed by atoms with Gasteiger partial charge in [-0.25, -0.2) is 8.42 Å². The molecule has 0 bridgehead atoms. The zero-order valence-electron chi connectivity index (χ0n) is 6.55. The third kappa shape index (κ3) is 1.13. The number of carbonyl (C=O) groups is 1. The molecule has 0 aliphatic carbocycles. The van der Waals surface area contributed by atoms with Gasteiger partial charge in [-0.05, 0) is 13.8 Å². The highest BCUT2D eigenvalue weighted by Crippen LogP contribution is 2.19. The van der Waals surface area contributed by atoms with E-state index in [4.69, 9.17) is 0 Å². The van der Waals surface area contributed by atoms with Crippen molar-refractivity contribution in [2.75, 3.05) is 12.3 Å². The van der Waals surface area contributed by atoms with E-state index in [-0.39, 0.29) is 12.3 Å². The largest absolute Gasteiger partial charge is 0.354 e. The van der Waals surface area contributed by atoms with Crippen LogP contribution >= 0.6 is 0 Å². The zero-order valence-corrected chi connectivity index (χ0v) is 7.36. The molecule has 5 heteroatoms. The molecule has 1 fully saturated rings. The van der Waals surface area contributed by atoms with Gasteiger partial charge in [0.15, 0.2) is 9.84 Å². The number of carbonyl (C=O) groups excluding carboxylic acids is 1. The normalized spacial score (nSPS) is 27.6. The smallest absolute Gasteiger partial charge is 0.240 e. The van der Waals surface area contributed by atoms with Crippen LogP contribution in [0.1, 0.15) is 13.8 Å². The van der Waals surface area contributed by atoms with Crippen LogP contribution in [-0.2, 0) is 14.6 Å². The van der Waals surface area contributed by atoms with E-state index < -0.39 is 20.5 Å². The Morgan fingerprint density at radius 1 is 1.45 bits per heavy atom. The maximum Gasteiger partial charge on any atom is 0.240 e. The van der Waals surface area contributed by atoms with Gasteiger partial charge in [0.1, 0.15) is 4.75 Å². The summed E-state index contributed by atoms with van der Waals surface area (Å²) >= 11 is 0. The van der Waals surface area contributed by atoms with E-state index in [9.17, 15) is 13.2 Å². The van der Waals surface area contributed by atoms with Crippen LogP contribution < -0.4 is 5.32 Å². The quantitative estimate of drug-likeness (QED) is 0.532. The molecule has 1 amide bonds. The number of rotatable bonds is 0. The third-order valence-corrected chi connectivity index (χ3v) is 4.46. The van der Waals surface area contributed by atoms with Crippen molar-refractivity contribution in [2.45, 2.75) is 18.6 Å². The predicted molar refractivity (Wildman–Crippen MR) is 40.9 cm³/mol. The lowest BCUT2D eigenvalue weighted by Gasteiger charge is -2.28. The zero-order chi connectivity index (χ0) is 8.70. The number of amides is 1. The SMILES string of the molecule is CC1(C)C(=O)NCCS1(=O)=O. The molecule has 0 aromatic rings. The molecule has 64 valence electrons. The molecule has 11 heavy (non-hydrogen) atoms. The Morgan fingerprint density at radius 2 is 2.00 bits per heavy atom. The van der Waals surface area contributed by atoms with E-state index in [1.54, 1.807) is 0 Å². The first-order valence-electron chi connectivity index (χ1n) is 3.38. The van der Waals surface area contributed by atoms with Gasteiger partial charge < -0.3 is 5.32 Å². The maximum absolute atomic E-state index is 11.3.